The van der Waals surface area contributed by atoms with E-state index < -0.39 is 12.0 Å². The maximum atomic E-state index is 10.4. The molecule has 13 heavy (non-hydrogen) atoms. The molecule has 0 saturated carbocycles. The Bertz CT molecular complexity index is 171. The highest BCUT2D eigenvalue weighted by Gasteiger charge is 2.18. The van der Waals surface area contributed by atoms with E-state index in [0.717, 1.165) is 19.4 Å². The summed E-state index contributed by atoms with van der Waals surface area (Å²) in [6.45, 7) is 0.792. The summed E-state index contributed by atoms with van der Waals surface area (Å²) in [6.07, 6.45) is 3.29. The Morgan fingerprint density at radius 3 is 3.00 bits per heavy atom. The molecular weight excluding hydrogens is 190 g/mol. The van der Waals surface area contributed by atoms with Crippen LogP contribution in [0.3, 0.4) is 0 Å². The maximum Gasteiger partial charge on any atom is 0.321 e. The fourth-order valence-corrected chi connectivity index (χ4v) is 2.22. The predicted octanol–water partition coefficient (Wildman–Crippen LogP) is 0.658. The molecule has 2 atom stereocenters. The summed E-state index contributed by atoms with van der Waals surface area (Å²) in [7, 11) is 0. The van der Waals surface area contributed by atoms with Crippen LogP contribution in [0.25, 0.3) is 0 Å². The molecule has 3 N–H and O–H groups in total. The van der Waals surface area contributed by atoms with Gasteiger partial charge in [-0.05, 0) is 19.3 Å². The van der Waals surface area contributed by atoms with E-state index in [2.05, 4.69) is 0 Å². The van der Waals surface area contributed by atoms with Crippen LogP contribution in [0.1, 0.15) is 19.3 Å². The minimum absolute atomic E-state index is 0.152. The lowest BCUT2D eigenvalue weighted by atomic mass is 10.2. The Morgan fingerprint density at radius 2 is 2.46 bits per heavy atom. The Labute approximate surface area is 81.8 Å². The first-order chi connectivity index (χ1) is 6.20. The summed E-state index contributed by atoms with van der Waals surface area (Å²) < 4.78 is 5.42. The van der Waals surface area contributed by atoms with E-state index in [1.54, 1.807) is 0 Å². The second-order valence-electron chi connectivity index (χ2n) is 3.07. The molecule has 1 saturated heterocycles. The summed E-state index contributed by atoms with van der Waals surface area (Å²) in [5.41, 5.74) is 5.51. The van der Waals surface area contributed by atoms with Gasteiger partial charge in [0, 0.05) is 12.4 Å². The van der Waals surface area contributed by atoms with Crippen molar-refractivity contribution in [1.29, 1.82) is 0 Å². The third-order valence-corrected chi connectivity index (χ3v) is 3.21. The van der Waals surface area contributed by atoms with Crippen molar-refractivity contribution in [2.75, 3.05) is 12.4 Å². The fourth-order valence-electron chi connectivity index (χ4n) is 1.12. The highest BCUT2D eigenvalue weighted by molar-refractivity contribution is 7.99. The normalized spacial score (nSPS) is 25.5. The van der Waals surface area contributed by atoms with Gasteiger partial charge in [0.1, 0.15) is 11.5 Å². The lowest BCUT2D eigenvalue weighted by molar-refractivity contribution is -0.137. The molecule has 76 valence electrons. The number of carbonyl (C=O) groups is 1. The molecule has 0 bridgehead atoms. The lowest BCUT2D eigenvalue weighted by Crippen LogP contribution is -2.33. The van der Waals surface area contributed by atoms with Crippen LogP contribution in [0.5, 0.6) is 0 Å². The summed E-state index contributed by atoms with van der Waals surface area (Å²) in [6, 6.07) is -0.768. The van der Waals surface area contributed by atoms with E-state index in [4.69, 9.17) is 15.6 Å². The number of rotatable bonds is 4. The fraction of sp³-hybridized carbons (Fsp3) is 0.875. The Hall–Kier alpha value is -0.260. The number of hydrogen-bond donors (Lipinski definition) is 2. The minimum atomic E-state index is -0.941. The van der Waals surface area contributed by atoms with Gasteiger partial charge in [0.25, 0.3) is 0 Å². The van der Waals surface area contributed by atoms with Crippen molar-refractivity contribution >= 4 is 17.7 Å². The van der Waals surface area contributed by atoms with E-state index in [9.17, 15) is 4.79 Å². The van der Waals surface area contributed by atoms with Crippen molar-refractivity contribution in [2.24, 2.45) is 5.73 Å². The van der Waals surface area contributed by atoms with Gasteiger partial charge in [-0.15, -0.1) is 11.8 Å². The lowest BCUT2D eigenvalue weighted by Gasteiger charge is -2.22. The summed E-state index contributed by atoms with van der Waals surface area (Å²) >= 11 is 1.51. The molecule has 0 spiro atoms. The second-order valence-corrected chi connectivity index (χ2v) is 4.27. The molecule has 1 rings (SSSR count). The molecule has 5 heteroatoms. The van der Waals surface area contributed by atoms with Crippen molar-refractivity contribution < 1.29 is 14.6 Å². The molecule has 0 radical (unpaired) electrons. The van der Waals surface area contributed by atoms with Crippen LogP contribution in [0.2, 0.25) is 0 Å². The van der Waals surface area contributed by atoms with E-state index in [1.807, 2.05) is 0 Å². The van der Waals surface area contributed by atoms with Crippen molar-refractivity contribution in [3.05, 3.63) is 0 Å². The average Bonchev–Trinajstić information content (AvgIpc) is 2.15. The summed E-state index contributed by atoms with van der Waals surface area (Å²) in [5, 5.41) is 8.53. The Kier molecular flexibility index (Phi) is 4.55. The van der Waals surface area contributed by atoms with E-state index in [1.165, 1.54) is 18.2 Å². The highest BCUT2D eigenvalue weighted by atomic mass is 32.2. The monoisotopic (exact) mass is 205 g/mol. The van der Waals surface area contributed by atoms with Gasteiger partial charge in [0.05, 0.1) is 0 Å². The number of ether oxygens (including phenoxy) is 1. The number of carboxylic acid groups (broad SMARTS) is 1. The second kappa shape index (κ2) is 5.47. The van der Waals surface area contributed by atoms with Gasteiger partial charge in [-0.1, -0.05) is 0 Å². The number of nitrogens with two attached hydrogens (primary N) is 1. The van der Waals surface area contributed by atoms with Crippen molar-refractivity contribution in [1.82, 2.24) is 0 Å². The molecule has 1 fully saturated rings. The molecule has 4 nitrogen and oxygen atoms in total. The van der Waals surface area contributed by atoms with Crippen LogP contribution in [0, 0.1) is 0 Å². The first kappa shape index (κ1) is 10.8. The number of hydrogen-bond acceptors (Lipinski definition) is 4. The number of carboxylic acids is 1. The number of thioether (sulfide) groups is 1. The third kappa shape index (κ3) is 3.97. The van der Waals surface area contributed by atoms with E-state index >= 15 is 0 Å². The minimum Gasteiger partial charge on any atom is -0.480 e. The quantitative estimate of drug-likeness (QED) is 0.705. The van der Waals surface area contributed by atoms with Crippen molar-refractivity contribution in [3.8, 4) is 0 Å². The third-order valence-electron chi connectivity index (χ3n) is 1.92. The van der Waals surface area contributed by atoms with Gasteiger partial charge in [0.2, 0.25) is 0 Å². The van der Waals surface area contributed by atoms with E-state index in [-0.39, 0.29) is 5.44 Å². The van der Waals surface area contributed by atoms with Gasteiger partial charge in [-0.3, -0.25) is 4.79 Å². The maximum absolute atomic E-state index is 10.4. The van der Waals surface area contributed by atoms with Gasteiger partial charge in [-0.2, -0.15) is 0 Å². The molecule has 0 unspecified atom stereocenters. The summed E-state index contributed by atoms with van der Waals surface area (Å²) in [5.74, 6) is -0.511. The highest BCUT2D eigenvalue weighted by Crippen LogP contribution is 2.23. The van der Waals surface area contributed by atoms with Crippen molar-refractivity contribution in [3.63, 3.8) is 0 Å². The van der Waals surface area contributed by atoms with Crippen LogP contribution in [-0.2, 0) is 9.53 Å². The topological polar surface area (TPSA) is 72.5 Å². The van der Waals surface area contributed by atoms with E-state index in [0.29, 0.717) is 5.75 Å². The Balaban J connectivity index is 2.13. The van der Waals surface area contributed by atoms with Crippen LogP contribution in [0.15, 0.2) is 0 Å². The molecule has 0 aliphatic carbocycles. The van der Waals surface area contributed by atoms with Crippen LogP contribution in [0.4, 0.5) is 0 Å². The zero-order valence-corrected chi connectivity index (χ0v) is 8.26. The molecule has 0 aromatic carbocycles. The molecular formula is C8H15NO3S. The van der Waals surface area contributed by atoms with Gasteiger partial charge >= 0.3 is 5.97 Å². The molecule has 0 amide bonds. The zero-order valence-electron chi connectivity index (χ0n) is 7.44. The first-order valence-corrected chi connectivity index (χ1v) is 5.46. The van der Waals surface area contributed by atoms with Crippen LogP contribution in [-0.4, -0.2) is 34.9 Å². The van der Waals surface area contributed by atoms with Gasteiger partial charge in [-0.25, -0.2) is 0 Å². The average molecular weight is 205 g/mol. The van der Waals surface area contributed by atoms with Crippen molar-refractivity contribution in [2.45, 2.75) is 30.7 Å². The van der Waals surface area contributed by atoms with Gasteiger partial charge < -0.3 is 15.6 Å². The molecule has 1 aliphatic heterocycles. The SMILES string of the molecule is N[C@@H](CS[C@H]1CCCCO1)C(=O)O. The molecule has 1 heterocycles. The van der Waals surface area contributed by atoms with Crippen LogP contribution < -0.4 is 5.73 Å². The predicted molar refractivity (Wildman–Crippen MR) is 51.7 cm³/mol. The van der Waals surface area contributed by atoms with Gasteiger partial charge in [0.15, 0.2) is 0 Å². The number of aliphatic carboxylic acids is 1. The smallest absolute Gasteiger partial charge is 0.321 e. The molecule has 0 aromatic rings. The zero-order chi connectivity index (χ0) is 9.68. The molecule has 1 aliphatic rings. The Morgan fingerprint density at radius 1 is 1.69 bits per heavy atom. The standard InChI is InChI=1S/C8H15NO3S/c9-6(8(10)11)5-13-7-3-1-2-4-12-7/h6-7H,1-5,9H2,(H,10,11)/t6-,7-/m0/s1. The van der Waals surface area contributed by atoms with Crippen LogP contribution >= 0.6 is 11.8 Å². The largest absolute Gasteiger partial charge is 0.480 e. The molecule has 0 aromatic heterocycles. The summed E-state index contributed by atoms with van der Waals surface area (Å²) in [4.78, 5) is 10.4. The first-order valence-electron chi connectivity index (χ1n) is 4.41.